The summed E-state index contributed by atoms with van der Waals surface area (Å²) in [6, 6.07) is 14.4. The fourth-order valence-corrected chi connectivity index (χ4v) is 6.33. The van der Waals surface area contributed by atoms with Crippen LogP contribution in [-0.4, -0.2) is 34.7 Å². The molecule has 0 bridgehead atoms. The highest BCUT2D eigenvalue weighted by atomic mass is 16.1. The molecule has 3 N–H and O–H groups in total. The molecule has 6 nitrogen and oxygen atoms in total. The van der Waals surface area contributed by atoms with E-state index >= 15 is 0 Å². The molecule has 6 heteroatoms. The number of nitrogens with zero attached hydrogens (tertiary/aromatic N) is 2. The Kier molecular flexibility index (Phi) is 6.21. The van der Waals surface area contributed by atoms with Gasteiger partial charge in [-0.15, -0.1) is 0 Å². The Labute approximate surface area is 206 Å². The van der Waals surface area contributed by atoms with Crippen molar-refractivity contribution in [2.24, 2.45) is 5.73 Å². The molecule has 2 aliphatic rings. The van der Waals surface area contributed by atoms with Crippen LogP contribution in [0.5, 0.6) is 0 Å². The number of benzene rings is 2. The van der Waals surface area contributed by atoms with Crippen molar-refractivity contribution in [3.05, 3.63) is 69.9 Å². The number of fused-ring (bicyclic) bond motifs is 2. The van der Waals surface area contributed by atoms with Crippen molar-refractivity contribution in [2.75, 3.05) is 13.1 Å². The number of rotatable bonds is 6. The van der Waals surface area contributed by atoms with Crippen molar-refractivity contribution in [3.8, 4) is 6.07 Å². The van der Waals surface area contributed by atoms with Gasteiger partial charge >= 0.3 is 0 Å². The first-order valence-electron chi connectivity index (χ1n) is 12.6. The maximum atomic E-state index is 12.5. The van der Waals surface area contributed by atoms with Crippen LogP contribution in [-0.2, 0) is 18.4 Å². The highest BCUT2D eigenvalue weighted by molar-refractivity contribution is 6.16. The van der Waals surface area contributed by atoms with Gasteiger partial charge in [-0.05, 0) is 72.5 Å². The maximum Gasteiger partial charge on any atom is 0.251 e. The van der Waals surface area contributed by atoms with Crippen molar-refractivity contribution in [1.29, 1.82) is 5.26 Å². The molecule has 2 heterocycles. The van der Waals surface area contributed by atoms with Gasteiger partial charge < -0.3 is 10.7 Å². The van der Waals surface area contributed by atoms with Crippen LogP contribution >= 0.6 is 0 Å². The topological polar surface area (TPSA) is 103 Å². The fourth-order valence-electron chi connectivity index (χ4n) is 6.33. The molecular formula is C29H32N4O2. The van der Waals surface area contributed by atoms with Crippen molar-refractivity contribution in [3.63, 3.8) is 0 Å². The van der Waals surface area contributed by atoms with Crippen molar-refractivity contribution in [2.45, 2.75) is 63.8 Å². The van der Waals surface area contributed by atoms with E-state index in [1.165, 1.54) is 24.5 Å². The molecule has 5 rings (SSSR count). The Bertz CT molecular complexity index is 1340. The van der Waals surface area contributed by atoms with Gasteiger partial charge in [-0.2, -0.15) is 5.26 Å². The minimum Gasteiger partial charge on any atom is -0.366 e. The second kappa shape index (κ2) is 9.31. The van der Waals surface area contributed by atoms with E-state index < -0.39 is 5.91 Å². The Morgan fingerprint density at radius 1 is 1.14 bits per heavy atom. The molecule has 3 aromatic rings. The van der Waals surface area contributed by atoms with Gasteiger partial charge in [0.25, 0.3) is 5.91 Å². The molecular weight excluding hydrogens is 436 g/mol. The van der Waals surface area contributed by atoms with Crippen molar-refractivity contribution in [1.82, 2.24) is 9.88 Å². The molecule has 1 aromatic heterocycles. The third kappa shape index (κ3) is 4.26. The maximum absolute atomic E-state index is 12.5. The normalized spacial score (nSPS) is 17.6. The second-order valence-corrected chi connectivity index (χ2v) is 10.2. The number of carbonyl (C=O) groups excluding carboxylic acids is 2. The van der Waals surface area contributed by atoms with E-state index in [2.05, 4.69) is 28.1 Å². The number of hydrogen-bond donors (Lipinski definition) is 2. The molecule has 1 aliphatic heterocycles. The number of Topliss-reactive ketones (excluding diaryl/α,β-unsaturated/α-hetero) is 1. The van der Waals surface area contributed by atoms with E-state index in [0.717, 1.165) is 74.6 Å². The van der Waals surface area contributed by atoms with E-state index in [1.807, 2.05) is 24.3 Å². The highest BCUT2D eigenvalue weighted by Crippen LogP contribution is 2.46. The van der Waals surface area contributed by atoms with E-state index in [1.54, 1.807) is 0 Å². The molecule has 0 saturated heterocycles. The standard InChI is InChI=1S/C29H32N4O2/c1-19(34)27-26(28(31)35)25-23(6-5-7-24(25)32-27)29(11-3-2-4-12-29)13-15-33-14-10-21-9-8-20(17-30)16-22(21)18-33/h5-9,16,32H,2-4,10-15,18H2,1H3,(H2,31,35). The lowest BCUT2D eigenvalue weighted by Gasteiger charge is -2.41. The number of aromatic amines is 1. The SMILES string of the molecule is CC(=O)c1[nH]c2cccc(C3(CCN4CCc5ccc(C#N)cc5C4)CCCCC3)c2c1C(N)=O. The summed E-state index contributed by atoms with van der Waals surface area (Å²) in [6.07, 6.45) is 7.64. The van der Waals surface area contributed by atoms with E-state index in [4.69, 9.17) is 5.73 Å². The first kappa shape index (κ1) is 23.3. The van der Waals surface area contributed by atoms with Crippen LogP contribution in [0.1, 0.15) is 88.5 Å². The van der Waals surface area contributed by atoms with Crippen LogP contribution in [0, 0.1) is 11.3 Å². The largest absolute Gasteiger partial charge is 0.366 e. The Hall–Kier alpha value is -3.43. The van der Waals surface area contributed by atoms with E-state index in [0.29, 0.717) is 16.8 Å². The molecule has 0 spiro atoms. The van der Waals surface area contributed by atoms with Crippen LogP contribution in [0.2, 0.25) is 0 Å². The zero-order valence-corrected chi connectivity index (χ0v) is 20.3. The van der Waals surface area contributed by atoms with Crippen LogP contribution < -0.4 is 5.73 Å². The zero-order valence-electron chi connectivity index (χ0n) is 20.3. The van der Waals surface area contributed by atoms with Crippen LogP contribution in [0.4, 0.5) is 0 Å². The summed E-state index contributed by atoms with van der Waals surface area (Å²) >= 11 is 0. The van der Waals surface area contributed by atoms with E-state index in [-0.39, 0.29) is 11.2 Å². The Balaban J connectivity index is 1.50. The van der Waals surface area contributed by atoms with Gasteiger partial charge in [0.1, 0.15) is 0 Å². The van der Waals surface area contributed by atoms with Gasteiger partial charge in [0.05, 0.1) is 22.9 Å². The average Bonchev–Trinajstić information content (AvgIpc) is 3.28. The number of nitrogens with one attached hydrogen (secondary N) is 1. The van der Waals surface area contributed by atoms with Gasteiger partial charge in [-0.25, -0.2) is 0 Å². The number of aromatic nitrogens is 1. The van der Waals surface area contributed by atoms with Gasteiger partial charge in [0.15, 0.2) is 5.78 Å². The molecule has 1 saturated carbocycles. The molecule has 35 heavy (non-hydrogen) atoms. The summed E-state index contributed by atoms with van der Waals surface area (Å²) < 4.78 is 0. The summed E-state index contributed by atoms with van der Waals surface area (Å²) in [6.45, 7) is 4.28. The van der Waals surface area contributed by atoms with Crippen molar-refractivity contribution < 1.29 is 9.59 Å². The zero-order chi connectivity index (χ0) is 24.6. The lowest BCUT2D eigenvalue weighted by molar-refractivity contribution is 0.0972. The molecule has 0 unspecified atom stereocenters. The fraction of sp³-hybridized carbons (Fsp3) is 0.414. The minimum absolute atomic E-state index is 0.0625. The Morgan fingerprint density at radius 2 is 1.94 bits per heavy atom. The van der Waals surface area contributed by atoms with Gasteiger partial charge in [-0.3, -0.25) is 14.5 Å². The first-order valence-corrected chi connectivity index (χ1v) is 12.6. The number of nitriles is 1. The second-order valence-electron chi connectivity index (χ2n) is 10.2. The van der Waals surface area contributed by atoms with Gasteiger partial charge in [0.2, 0.25) is 0 Å². The summed E-state index contributed by atoms with van der Waals surface area (Å²) in [5, 5.41) is 10.1. The monoisotopic (exact) mass is 468 g/mol. The predicted octanol–water partition coefficient (Wildman–Crippen LogP) is 4.99. The van der Waals surface area contributed by atoms with E-state index in [9.17, 15) is 14.9 Å². The third-order valence-electron chi connectivity index (χ3n) is 8.14. The summed E-state index contributed by atoms with van der Waals surface area (Å²) in [7, 11) is 0. The third-order valence-corrected chi connectivity index (χ3v) is 8.14. The number of hydrogen-bond acceptors (Lipinski definition) is 4. The number of amides is 1. The van der Waals surface area contributed by atoms with Gasteiger partial charge in [0, 0.05) is 30.9 Å². The predicted molar refractivity (Wildman–Crippen MR) is 136 cm³/mol. The minimum atomic E-state index is -0.555. The quantitative estimate of drug-likeness (QED) is 0.497. The van der Waals surface area contributed by atoms with Crippen LogP contribution in [0.25, 0.3) is 10.9 Å². The molecule has 1 aliphatic carbocycles. The summed E-state index contributed by atoms with van der Waals surface area (Å²) in [4.78, 5) is 30.5. The number of primary amides is 1. The van der Waals surface area contributed by atoms with Crippen LogP contribution in [0.15, 0.2) is 36.4 Å². The molecule has 180 valence electrons. The molecule has 0 radical (unpaired) electrons. The number of nitrogens with two attached hydrogens (primary N) is 1. The molecule has 0 atom stereocenters. The Morgan fingerprint density at radius 3 is 2.66 bits per heavy atom. The van der Waals surface area contributed by atoms with Crippen LogP contribution in [0.3, 0.4) is 0 Å². The highest BCUT2D eigenvalue weighted by Gasteiger charge is 2.37. The van der Waals surface area contributed by atoms with Gasteiger partial charge in [-0.1, -0.05) is 37.5 Å². The average molecular weight is 469 g/mol. The van der Waals surface area contributed by atoms with Crippen molar-refractivity contribution >= 4 is 22.6 Å². The molecule has 1 fully saturated rings. The smallest absolute Gasteiger partial charge is 0.251 e. The summed E-state index contributed by atoms with van der Waals surface area (Å²) in [5.41, 5.74) is 11.7. The molecule has 2 aromatic carbocycles. The first-order chi connectivity index (χ1) is 16.9. The number of H-pyrrole nitrogens is 1. The lowest BCUT2D eigenvalue weighted by Crippen LogP contribution is -2.37. The number of carbonyl (C=O) groups is 2. The number of ketones is 1. The summed E-state index contributed by atoms with van der Waals surface area (Å²) in [5.74, 6) is -0.733. The molecule has 1 amide bonds. The lowest BCUT2D eigenvalue weighted by atomic mass is 9.66.